The summed E-state index contributed by atoms with van der Waals surface area (Å²) >= 11 is 0. The van der Waals surface area contributed by atoms with E-state index in [9.17, 15) is 19.8 Å². The summed E-state index contributed by atoms with van der Waals surface area (Å²) in [5, 5.41) is 22.8. The molecule has 0 radical (unpaired) electrons. The van der Waals surface area contributed by atoms with Gasteiger partial charge in [-0.05, 0) is 57.8 Å². The average molecular weight is 748 g/mol. The van der Waals surface area contributed by atoms with E-state index in [1.54, 1.807) is 6.08 Å². The number of aliphatic hydroxyl groups is 2. The number of hydrogen-bond acceptors (Lipinski definition) is 5. The highest BCUT2D eigenvalue weighted by Crippen LogP contribution is 2.15. The van der Waals surface area contributed by atoms with Crippen molar-refractivity contribution < 1.29 is 24.5 Å². The molecular formula is C47H89NO5. The fourth-order valence-electron chi connectivity index (χ4n) is 6.86. The molecule has 0 saturated carbocycles. The lowest BCUT2D eigenvalue weighted by Crippen LogP contribution is -2.45. The van der Waals surface area contributed by atoms with Gasteiger partial charge in [-0.1, -0.05) is 192 Å². The molecule has 312 valence electrons. The number of hydrogen-bond donors (Lipinski definition) is 3. The normalized spacial score (nSPS) is 12.9. The van der Waals surface area contributed by atoms with Crippen LogP contribution in [0.4, 0.5) is 0 Å². The Labute approximate surface area is 329 Å². The SMILES string of the molecule is CCCCCCC/C=C\CCCCCCCC(=O)OCCCCCCCCCCCCCCCC(=O)NC(CO)C(O)/C=C/CCCCCCCCC. The first-order chi connectivity index (χ1) is 26.0. The summed E-state index contributed by atoms with van der Waals surface area (Å²) in [4.78, 5) is 24.3. The van der Waals surface area contributed by atoms with Crippen LogP contribution >= 0.6 is 0 Å². The first kappa shape index (κ1) is 51.3. The van der Waals surface area contributed by atoms with Gasteiger partial charge >= 0.3 is 5.97 Å². The number of unbranched alkanes of at least 4 members (excludes halogenated alkanes) is 29. The Kier molecular flexibility index (Phi) is 41.7. The monoisotopic (exact) mass is 748 g/mol. The van der Waals surface area contributed by atoms with Gasteiger partial charge in [0.25, 0.3) is 0 Å². The second-order valence-corrected chi connectivity index (χ2v) is 15.7. The number of ether oxygens (including phenoxy) is 1. The van der Waals surface area contributed by atoms with Crippen LogP contribution in [0.25, 0.3) is 0 Å². The van der Waals surface area contributed by atoms with Crippen LogP contribution in [0.2, 0.25) is 0 Å². The molecule has 6 heteroatoms. The molecule has 53 heavy (non-hydrogen) atoms. The molecule has 0 aromatic carbocycles. The Morgan fingerprint density at radius 1 is 0.509 bits per heavy atom. The number of rotatable bonds is 42. The number of allylic oxidation sites excluding steroid dienone is 3. The fraction of sp³-hybridized carbons (Fsp3) is 0.872. The lowest BCUT2D eigenvalue weighted by Gasteiger charge is -2.20. The van der Waals surface area contributed by atoms with Crippen molar-refractivity contribution in [3.63, 3.8) is 0 Å². The summed E-state index contributed by atoms with van der Waals surface area (Å²) in [5.74, 6) is -0.101. The van der Waals surface area contributed by atoms with Crippen molar-refractivity contribution in [1.29, 1.82) is 0 Å². The van der Waals surface area contributed by atoms with Gasteiger partial charge in [-0.15, -0.1) is 0 Å². The van der Waals surface area contributed by atoms with Gasteiger partial charge in [0.2, 0.25) is 5.91 Å². The molecule has 0 aliphatic heterocycles. The van der Waals surface area contributed by atoms with Gasteiger partial charge in [0, 0.05) is 12.8 Å². The fourth-order valence-corrected chi connectivity index (χ4v) is 6.86. The molecule has 2 unspecified atom stereocenters. The van der Waals surface area contributed by atoms with Gasteiger partial charge in [0.05, 0.1) is 25.4 Å². The zero-order valence-corrected chi connectivity index (χ0v) is 35.2. The van der Waals surface area contributed by atoms with Crippen molar-refractivity contribution in [1.82, 2.24) is 5.32 Å². The Morgan fingerprint density at radius 2 is 0.887 bits per heavy atom. The average Bonchev–Trinajstić information content (AvgIpc) is 3.16. The Morgan fingerprint density at radius 3 is 1.34 bits per heavy atom. The van der Waals surface area contributed by atoms with E-state index in [-0.39, 0.29) is 18.5 Å². The van der Waals surface area contributed by atoms with Crippen LogP contribution in [0.3, 0.4) is 0 Å². The third-order valence-corrected chi connectivity index (χ3v) is 10.5. The van der Waals surface area contributed by atoms with Gasteiger partial charge in [-0.3, -0.25) is 9.59 Å². The molecule has 0 aliphatic carbocycles. The summed E-state index contributed by atoms with van der Waals surface area (Å²) < 4.78 is 5.44. The second kappa shape index (κ2) is 43.1. The van der Waals surface area contributed by atoms with Crippen LogP contribution in [0.1, 0.15) is 239 Å². The maximum Gasteiger partial charge on any atom is 0.305 e. The third kappa shape index (κ3) is 39.8. The first-order valence-corrected chi connectivity index (χ1v) is 23.1. The molecule has 0 heterocycles. The molecule has 0 bridgehead atoms. The quantitative estimate of drug-likeness (QED) is 0.0328. The van der Waals surface area contributed by atoms with E-state index in [0.717, 1.165) is 57.8 Å². The van der Waals surface area contributed by atoms with E-state index < -0.39 is 12.1 Å². The van der Waals surface area contributed by atoms with Crippen molar-refractivity contribution in [2.24, 2.45) is 0 Å². The highest BCUT2D eigenvalue weighted by atomic mass is 16.5. The molecule has 0 saturated heterocycles. The Balaban J connectivity index is 3.46. The van der Waals surface area contributed by atoms with Crippen molar-refractivity contribution >= 4 is 11.9 Å². The molecule has 0 fully saturated rings. The minimum atomic E-state index is -0.850. The van der Waals surface area contributed by atoms with E-state index in [1.165, 1.54) is 154 Å². The molecule has 6 nitrogen and oxygen atoms in total. The molecule has 0 aromatic rings. The zero-order valence-electron chi connectivity index (χ0n) is 35.2. The molecule has 0 aliphatic rings. The highest BCUT2D eigenvalue weighted by Gasteiger charge is 2.18. The van der Waals surface area contributed by atoms with Crippen LogP contribution in [0.15, 0.2) is 24.3 Å². The van der Waals surface area contributed by atoms with E-state index >= 15 is 0 Å². The van der Waals surface area contributed by atoms with Crippen LogP contribution in [-0.2, 0) is 14.3 Å². The van der Waals surface area contributed by atoms with Crippen molar-refractivity contribution in [2.75, 3.05) is 13.2 Å². The predicted molar refractivity (Wildman–Crippen MR) is 227 cm³/mol. The maximum absolute atomic E-state index is 12.3. The molecule has 0 aromatic heterocycles. The molecule has 2 atom stereocenters. The highest BCUT2D eigenvalue weighted by molar-refractivity contribution is 5.76. The molecule has 0 rings (SSSR count). The van der Waals surface area contributed by atoms with Crippen LogP contribution < -0.4 is 5.32 Å². The van der Waals surface area contributed by atoms with Gasteiger partial charge in [-0.2, -0.15) is 0 Å². The molecule has 0 spiro atoms. The van der Waals surface area contributed by atoms with E-state index in [0.29, 0.717) is 19.4 Å². The van der Waals surface area contributed by atoms with Gasteiger partial charge in [0.1, 0.15) is 0 Å². The smallest absolute Gasteiger partial charge is 0.305 e. The summed E-state index contributed by atoms with van der Waals surface area (Å²) in [7, 11) is 0. The predicted octanol–water partition coefficient (Wildman–Crippen LogP) is 13.2. The Hall–Kier alpha value is -1.66. The standard InChI is InChI=1S/C47H89NO5/c1-3-5-7-9-11-13-14-15-18-21-25-29-33-37-41-47(52)53-42-38-34-30-26-22-19-16-17-20-24-28-32-36-40-46(51)48-44(43-49)45(50)39-35-31-27-23-12-10-8-6-4-2/h14-15,35,39,44-45,49-50H,3-13,16-34,36-38,40-43H2,1-2H3,(H,48,51)/b15-14-,39-35+. The number of carbonyl (C=O) groups excluding carboxylic acids is 2. The van der Waals surface area contributed by atoms with Crippen LogP contribution in [0.5, 0.6) is 0 Å². The number of aliphatic hydroxyl groups excluding tert-OH is 2. The summed E-state index contributed by atoms with van der Waals surface area (Å²) in [6.07, 6.45) is 48.8. The van der Waals surface area contributed by atoms with Gasteiger partial charge in [-0.25, -0.2) is 0 Å². The lowest BCUT2D eigenvalue weighted by atomic mass is 10.0. The van der Waals surface area contributed by atoms with Gasteiger partial charge in [0.15, 0.2) is 0 Å². The zero-order chi connectivity index (χ0) is 38.7. The molecular weight excluding hydrogens is 659 g/mol. The lowest BCUT2D eigenvalue weighted by molar-refractivity contribution is -0.143. The third-order valence-electron chi connectivity index (χ3n) is 10.5. The number of amides is 1. The van der Waals surface area contributed by atoms with Crippen molar-refractivity contribution in [2.45, 2.75) is 251 Å². The maximum atomic E-state index is 12.3. The molecule has 3 N–H and O–H groups in total. The minimum absolute atomic E-state index is 0.0165. The topological polar surface area (TPSA) is 95.9 Å². The number of esters is 1. The summed E-state index contributed by atoms with van der Waals surface area (Å²) in [6.45, 7) is 4.82. The van der Waals surface area contributed by atoms with Crippen molar-refractivity contribution in [3.05, 3.63) is 24.3 Å². The largest absolute Gasteiger partial charge is 0.466 e. The number of carbonyl (C=O) groups is 2. The van der Waals surface area contributed by atoms with E-state index in [1.807, 2.05) is 6.08 Å². The second-order valence-electron chi connectivity index (χ2n) is 15.7. The van der Waals surface area contributed by atoms with Gasteiger partial charge < -0.3 is 20.3 Å². The first-order valence-electron chi connectivity index (χ1n) is 23.1. The summed E-state index contributed by atoms with van der Waals surface area (Å²) in [6, 6.07) is -0.635. The van der Waals surface area contributed by atoms with E-state index in [2.05, 4.69) is 31.3 Å². The number of nitrogens with one attached hydrogen (secondary N) is 1. The minimum Gasteiger partial charge on any atom is -0.466 e. The van der Waals surface area contributed by atoms with Crippen molar-refractivity contribution in [3.8, 4) is 0 Å². The Bertz CT molecular complexity index is 828. The van der Waals surface area contributed by atoms with Crippen LogP contribution in [-0.4, -0.2) is 47.4 Å². The molecule has 1 amide bonds. The van der Waals surface area contributed by atoms with Crippen LogP contribution in [0, 0.1) is 0 Å². The summed E-state index contributed by atoms with van der Waals surface area (Å²) in [5.41, 5.74) is 0. The van der Waals surface area contributed by atoms with E-state index in [4.69, 9.17) is 4.74 Å².